The number of ether oxygens (including phenoxy) is 5. The molecule has 27 heteroatoms. The molecule has 23 aromatic rings. The summed E-state index contributed by atoms with van der Waals surface area (Å²) in [7, 11) is -0.391. The summed E-state index contributed by atoms with van der Waals surface area (Å²) in [6.07, 6.45) is 10.2. The number of pyridine rings is 9. The van der Waals surface area contributed by atoms with Crippen LogP contribution in [0.5, 0.6) is 75.4 Å². The number of phenolic OH excluding ortho intramolecular Hbond substituents is 3. The van der Waals surface area contributed by atoms with Gasteiger partial charge in [-0.3, -0.25) is 14.1 Å². The van der Waals surface area contributed by atoms with Crippen LogP contribution < -0.4 is 29.1 Å². The topological polar surface area (TPSA) is 267 Å². The monoisotopic (exact) mass is 2260 g/mol. The van der Waals surface area contributed by atoms with E-state index in [1.54, 1.807) is 73.6 Å². The van der Waals surface area contributed by atoms with Crippen molar-refractivity contribution in [2.24, 2.45) is 0 Å². The molecule has 0 unspecified atom stereocenters. The van der Waals surface area contributed by atoms with E-state index in [0.717, 1.165) is 125 Å². The van der Waals surface area contributed by atoms with Gasteiger partial charge in [0, 0.05) is 152 Å². The summed E-state index contributed by atoms with van der Waals surface area (Å²) in [6, 6.07) is 132. The zero-order valence-corrected chi connectivity index (χ0v) is 84.8. The third-order valence-corrected chi connectivity index (χ3v) is 24.3. The Morgan fingerprint density at radius 2 is 0.722 bits per heavy atom. The Kier molecular flexibility index (Phi) is 32.3. The Balaban J connectivity index is 0.000000121. The first-order valence-electron chi connectivity index (χ1n) is 45.5. The van der Waals surface area contributed by atoms with E-state index in [0.29, 0.717) is 63.8 Å². The summed E-state index contributed by atoms with van der Waals surface area (Å²) in [5.41, 5.74) is 12.3. The molecule has 11 aromatic carbocycles. The van der Waals surface area contributed by atoms with Crippen molar-refractivity contribution in [3.8, 4) is 121 Å². The number of phenols is 3. The van der Waals surface area contributed by atoms with Gasteiger partial charge in [-0.2, -0.15) is 0 Å². The maximum absolute atomic E-state index is 10.6. The summed E-state index contributed by atoms with van der Waals surface area (Å²) >= 11 is 9.78. The summed E-state index contributed by atoms with van der Waals surface area (Å²) in [5.74, 6) is 6.96. The van der Waals surface area contributed by atoms with Crippen LogP contribution in [-0.2, 0) is 30.4 Å². The van der Waals surface area contributed by atoms with Crippen molar-refractivity contribution in [1.29, 1.82) is 0 Å². The molecule has 1 fully saturated rings. The average Bonchev–Trinajstić information content (AvgIpc) is 1.59. The SMILES string of the molecule is Brc1cccc(Oc2ccccn2)c1.Brc1ccccn1.CC1(C)OB(c2cccc(Oc3ccccn3)c2)OC1(C)C.Oc1cccc(Br)c1.Oc1ccccc1-n1c2ccccc2c2ccc(-c3[c-]c(Oc4ccccn4)ccc3)nc21.Oc1ccccc1-n1c2ccccc2c2ccc(-c3cccc(Oc4ccccn4)c3)nc21.[Pt].c1ccc(Oc2cccc(-c3ccc4c(n3)[nH]c3ccccc34)c2)nc1. The van der Waals surface area contributed by atoms with Gasteiger partial charge in [0.2, 0.25) is 29.4 Å². The van der Waals surface area contributed by atoms with Crippen LogP contribution in [0, 0.1) is 6.07 Å². The van der Waals surface area contributed by atoms with Crippen molar-refractivity contribution in [1.82, 2.24) is 59.0 Å². The number of para-hydroxylation sites is 7. The molecule has 0 saturated carbocycles. The minimum absolute atomic E-state index is 0. The van der Waals surface area contributed by atoms with Crippen molar-refractivity contribution in [2.75, 3.05) is 0 Å². The Morgan fingerprint density at radius 3 is 1.18 bits per heavy atom. The first kappa shape index (κ1) is 99.3. The van der Waals surface area contributed by atoms with Crippen LogP contribution in [0.1, 0.15) is 27.7 Å². The molecule has 1 aliphatic rings. The van der Waals surface area contributed by atoms with Crippen molar-refractivity contribution >= 4 is 126 Å². The van der Waals surface area contributed by atoms with Gasteiger partial charge in [0.05, 0.1) is 45.0 Å². The molecule has 1 aliphatic heterocycles. The maximum atomic E-state index is 10.6. The molecule has 0 spiro atoms. The average molecular weight is 2270 g/mol. The summed E-state index contributed by atoms with van der Waals surface area (Å²) < 4.78 is 47.8. The minimum Gasteiger partial charge on any atom is -0.508 e. The van der Waals surface area contributed by atoms with E-state index in [1.807, 2.05) is 364 Å². The number of aromatic hydroxyl groups is 3. The molecule has 0 bridgehead atoms. The number of hydrogen-bond donors (Lipinski definition) is 4. The van der Waals surface area contributed by atoms with Gasteiger partial charge in [-0.15, -0.1) is 23.8 Å². The molecule has 13 heterocycles. The molecule has 0 amide bonds. The van der Waals surface area contributed by atoms with Gasteiger partial charge < -0.3 is 53.3 Å². The largest absolute Gasteiger partial charge is 0.508 e. The molecule has 4 N–H and O–H groups in total. The number of H-pyrrole nitrogens is 1. The molecule has 1 saturated heterocycles. The van der Waals surface area contributed by atoms with Crippen LogP contribution in [0.15, 0.2) is 457 Å². The van der Waals surface area contributed by atoms with Gasteiger partial charge >= 0.3 is 7.12 Å². The molecule has 12 aromatic heterocycles. The Hall–Kier alpha value is -16.3. The molecule has 22 nitrogen and oxygen atoms in total. The maximum Gasteiger partial charge on any atom is 0.494 e. The first-order valence-corrected chi connectivity index (χ1v) is 47.9. The van der Waals surface area contributed by atoms with E-state index in [9.17, 15) is 10.2 Å². The number of rotatable bonds is 16. The van der Waals surface area contributed by atoms with Gasteiger partial charge in [0.15, 0.2) is 0 Å². The summed E-state index contributed by atoms with van der Waals surface area (Å²) in [5, 5.41) is 36.5. The number of nitrogens with zero attached hydrogens (tertiary/aromatic N) is 11. The quantitative estimate of drug-likeness (QED) is 0.0398. The van der Waals surface area contributed by atoms with Crippen LogP contribution >= 0.6 is 47.8 Å². The van der Waals surface area contributed by atoms with Gasteiger partial charge in [-0.05, 0) is 237 Å². The van der Waals surface area contributed by atoms with E-state index >= 15 is 0 Å². The molecule has 0 aliphatic carbocycles. The normalized spacial score (nSPS) is 11.9. The second kappa shape index (κ2) is 46.8. The van der Waals surface area contributed by atoms with Gasteiger partial charge in [-0.1, -0.05) is 214 Å². The van der Waals surface area contributed by atoms with E-state index in [1.165, 1.54) is 5.39 Å². The number of aromatic amines is 1. The summed E-state index contributed by atoms with van der Waals surface area (Å²) in [4.78, 5) is 43.0. The second-order valence-electron chi connectivity index (χ2n) is 33.2. The molecular weight excluding hydrogens is 2180 g/mol. The van der Waals surface area contributed by atoms with Crippen LogP contribution in [0.25, 0.3) is 111 Å². The molecule has 144 heavy (non-hydrogen) atoms. The van der Waals surface area contributed by atoms with E-state index < -0.39 is 7.12 Å². The molecule has 0 radical (unpaired) electrons. The molecule has 24 rings (SSSR count). The third-order valence-electron chi connectivity index (χ3n) is 22.9. The number of benzene rings is 11. The van der Waals surface area contributed by atoms with Crippen molar-refractivity contribution in [3.05, 3.63) is 463 Å². The Morgan fingerprint density at radius 1 is 0.326 bits per heavy atom. The van der Waals surface area contributed by atoms with Crippen LogP contribution in [0.4, 0.5) is 0 Å². The smallest absolute Gasteiger partial charge is 0.494 e. The van der Waals surface area contributed by atoms with E-state index in [-0.39, 0.29) is 43.8 Å². The molecule has 712 valence electrons. The zero-order valence-electron chi connectivity index (χ0n) is 77.8. The molecule has 0 atom stereocenters. The van der Waals surface area contributed by atoms with Crippen molar-refractivity contribution in [3.63, 3.8) is 0 Å². The Labute approximate surface area is 870 Å². The number of aromatic nitrogens is 12. The predicted molar refractivity (Wildman–Crippen MR) is 575 cm³/mol. The third kappa shape index (κ3) is 24.8. The van der Waals surface area contributed by atoms with Gasteiger partial charge in [-0.25, -0.2) is 39.9 Å². The van der Waals surface area contributed by atoms with Crippen LogP contribution in [0.2, 0.25) is 0 Å². The fraction of sp³-hybridized carbons (Fsp3) is 0.0513. The fourth-order valence-electron chi connectivity index (χ4n) is 15.5. The summed E-state index contributed by atoms with van der Waals surface area (Å²) in [6.45, 7) is 8.17. The van der Waals surface area contributed by atoms with Crippen LogP contribution in [-0.4, -0.2) is 92.6 Å². The van der Waals surface area contributed by atoms with Crippen LogP contribution in [0.3, 0.4) is 0 Å². The molecular formula is C117H89BBr3N12O10Pt-. The standard InChI is InChI=1S/C28H19N3O2.C28H18N3O2.C22H15N3O.C17H20BNO3.C11H8BrNO.C6H5BrO.C5H4BrN.Pt/c2*32-26-13-4-3-12-25(26)31-24-11-2-1-10-21(24)22-15-16-23(30-28(22)31)19-8-7-9-20(18-19)33-27-14-5-6-17-29-27;1-2-9-20-17(8-1)18-11-12-19(24-22(18)25-20)15-6-5-7-16(14-15)26-21-10-3-4-13-23-21;1-16(2)17(3,4)22-18(21-16)13-8-7-9-14(12-13)20-15-10-5-6-11-19-15;12-9-4-3-5-10(8-9)14-11-6-1-2-7-13-11;7-5-2-1-3-6(8)4-5;6-5-3-1-2-4-7-5;/h1-18,32H;1-17,32H;1-14H,(H,24,25);5-12H,1-4H3;1-8H;1-4,8H;1-4H;/q;-1;;;;;;. The Bertz CT molecular complexity index is 8010. The first-order chi connectivity index (χ1) is 69.8. The number of hydrogen-bond acceptors (Lipinski definition) is 19. The number of nitrogens with one attached hydrogen (secondary N) is 1. The number of halogens is 3. The van der Waals surface area contributed by atoms with E-state index in [4.69, 9.17) is 53.1 Å². The fourth-order valence-corrected chi connectivity index (χ4v) is 16.5. The predicted octanol–water partition coefficient (Wildman–Crippen LogP) is 29.7. The number of fused-ring (bicyclic) bond motifs is 9. The van der Waals surface area contributed by atoms with Crippen molar-refractivity contribution < 1.29 is 69.4 Å². The second-order valence-corrected chi connectivity index (χ2v) is 35.8. The zero-order chi connectivity index (χ0) is 98.4. The van der Waals surface area contributed by atoms with Gasteiger partial charge in [0.25, 0.3) is 0 Å². The van der Waals surface area contributed by atoms with E-state index in [2.05, 4.69) is 131 Å². The van der Waals surface area contributed by atoms with Crippen molar-refractivity contribution in [2.45, 2.75) is 38.9 Å². The van der Waals surface area contributed by atoms with Gasteiger partial charge in [0.1, 0.15) is 61.8 Å². The minimum atomic E-state index is -0.391.